The second-order valence-electron chi connectivity index (χ2n) is 3.62. The summed E-state index contributed by atoms with van der Waals surface area (Å²) in [5.41, 5.74) is 7.03. The van der Waals surface area contributed by atoms with Crippen LogP contribution in [-0.4, -0.2) is 17.5 Å². The summed E-state index contributed by atoms with van der Waals surface area (Å²) in [4.78, 5) is 11.0. The number of amides is 1. The van der Waals surface area contributed by atoms with Crippen molar-refractivity contribution < 1.29 is 4.79 Å². The Morgan fingerprint density at radius 3 is 3.00 bits per heavy atom. The Bertz CT molecular complexity index is 319. The molecule has 1 aromatic heterocycles. The van der Waals surface area contributed by atoms with E-state index < -0.39 is 0 Å². The molecule has 0 bridgehead atoms. The van der Waals surface area contributed by atoms with Crippen LogP contribution in [0, 0.1) is 0 Å². The van der Waals surface area contributed by atoms with Crippen LogP contribution in [0.3, 0.4) is 0 Å². The highest BCUT2D eigenvalue weighted by atomic mass is 16.1. The Kier molecular flexibility index (Phi) is 4.37. The summed E-state index contributed by atoms with van der Waals surface area (Å²) in [5, 5.41) is 2.60. The molecule has 0 aliphatic carbocycles. The fourth-order valence-electron chi connectivity index (χ4n) is 1.41. The van der Waals surface area contributed by atoms with Crippen molar-refractivity contribution in [2.75, 3.05) is 7.05 Å². The predicted molar refractivity (Wildman–Crippen MR) is 60.3 cm³/mol. The lowest BCUT2D eigenvalue weighted by molar-refractivity contribution is -0.120. The van der Waals surface area contributed by atoms with E-state index >= 15 is 0 Å². The third kappa shape index (κ3) is 3.40. The lowest BCUT2D eigenvalue weighted by Crippen LogP contribution is -2.19. The molecule has 1 aromatic rings. The first-order valence-electron chi connectivity index (χ1n) is 5.29. The number of rotatable bonds is 5. The third-order valence-electron chi connectivity index (χ3n) is 2.52. The van der Waals surface area contributed by atoms with Gasteiger partial charge >= 0.3 is 0 Å². The van der Waals surface area contributed by atoms with Crippen molar-refractivity contribution in [3.8, 4) is 0 Å². The quantitative estimate of drug-likeness (QED) is 0.761. The predicted octanol–water partition coefficient (Wildman–Crippen LogP) is 1.03. The van der Waals surface area contributed by atoms with Crippen LogP contribution in [-0.2, 0) is 11.3 Å². The largest absolute Gasteiger partial charge is 0.359 e. The van der Waals surface area contributed by atoms with E-state index in [4.69, 9.17) is 5.73 Å². The SMILES string of the molecule is CCC(N)c1ccn(CCC(=O)NC)c1. The lowest BCUT2D eigenvalue weighted by Gasteiger charge is -2.05. The first kappa shape index (κ1) is 11.8. The lowest BCUT2D eigenvalue weighted by atomic mass is 10.1. The Labute approximate surface area is 90.5 Å². The van der Waals surface area contributed by atoms with E-state index in [9.17, 15) is 4.79 Å². The van der Waals surface area contributed by atoms with Crippen LogP contribution in [0.4, 0.5) is 0 Å². The van der Waals surface area contributed by atoms with E-state index in [2.05, 4.69) is 12.2 Å². The average Bonchev–Trinajstić information content (AvgIpc) is 2.73. The van der Waals surface area contributed by atoms with Crippen LogP contribution in [0.2, 0.25) is 0 Å². The van der Waals surface area contributed by atoms with Crippen LogP contribution in [0.15, 0.2) is 18.5 Å². The van der Waals surface area contributed by atoms with Gasteiger partial charge in [0.25, 0.3) is 0 Å². The van der Waals surface area contributed by atoms with E-state index in [1.54, 1.807) is 7.05 Å². The molecule has 15 heavy (non-hydrogen) atoms. The van der Waals surface area contributed by atoms with Gasteiger partial charge in [-0.1, -0.05) is 6.92 Å². The van der Waals surface area contributed by atoms with Gasteiger partial charge in [0.2, 0.25) is 5.91 Å². The first-order chi connectivity index (χ1) is 7.17. The van der Waals surface area contributed by atoms with E-state index in [0.717, 1.165) is 12.0 Å². The molecule has 0 aliphatic rings. The van der Waals surface area contributed by atoms with Crippen LogP contribution in [0.25, 0.3) is 0 Å². The Hall–Kier alpha value is -1.29. The number of nitrogens with two attached hydrogens (primary N) is 1. The zero-order valence-electron chi connectivity index (χ0n) is 9.36. The number of aromatic nitrogens is 1. The van der Waals surface area contributed by atoms with Gasteiger partial charge in [0.05, 0.1) is 0 Å². The summed E-state index contributed by atoms with van der Waals surface area (Å²) < 4.78 is 2.00. The highest BCUT2D eigenvalue weighted by molar-refractivity contribution is 5.75. The summed E-state index contributed by atoms with van der Waals surface area (Å²) in [6, 6.07) is 2.11. The zero-order chi connectivity index (χ0) is 11.3. The number of aryl methyl sites for hydroxylation is 1. The van der Waals surface area contributed by atoms with Gasteiger partial charge in [-0.05, 0) is 18.1 Å². The first-order valence-corrected chi connectivity index (χ1v) is 5.29. The van der Waals surface area contributed by atoms with Gasteiger partial charge in [0.1, 0.15) is 0 Å². The van der Waals surface area contributed by atoms with Crippen molar-refractivity contribution in [2.45, 2.75) is 32.4 Å². The molecule has 0 aromatic carbocycles. The molecular formula is C11H19N3O. The fourth-order valence-corrected chi connectivity index (χ4v) is 1.41. The van der Waals surface area contributed by atoms with Gasteiger partial charge in [-0.25, -0.2) is 0 Å². The summed E-state index contributed by atoms with van der Waals surface area (Å²) >= 11 is 0. The van der Waals surface area contributed by atoms with E-state index in [-0.39, 0.29) is 11.9 Å². The zero-order valence-corrected chi connectivity index (χ0v) is 9.36. The van der Waals surface area contributed by atoms with Gasteiger partial charge in [-0.15, -0.1) is 0 Å². The summed E-state index contributed by atoms with van der Waals surface area (Å²) in [5.74, 6) is 0.0602. The van der Waals surface area contributed by atoms with Crippen molar-refractivity contribution in [2.24, 2.45) is 5.73 Å². The Balaban J connectivity index is 2.49. The molecule has 0 spiro atoms. The number of carbonyl (C=O) groups is 1. The standard InChI is InChI=1S/C11H19N3O/c1-3-10(12)9-4-6-14(8-9)7-5-11(15)13-2/h4,6,8,10H,3,5,7,12H2,1-2H3,(H,13,15). The molecule has 1 amide bonds. The van der Waals surface area contributed by atoms with Crippen LogP contribution < -0.4 is 11.1 Å². The van der Waals surface area contributed by atoms with Crippen molar-refractivity contribution in [3.63, 3.8) is 0 Å². The molecule has 1 atom stereocenters. The normalized spacial score (nSPS) is 12.5. The van der Waals surface area contributed by atoms with E-state index in [0.29, 0.717) is 13.0 Å². The monoisotopic (exact) mass is 209 g/mol. The molecule has 0 fully saturated rings. The fraction of sp³-hybridized carbons (Fsp3) is 0.545. The molecule has 4 heteroatoms. The van der Waals surface area contributed by atoms with Crippen molar-refractivity contribution in [1.82, 2.24) is 9.88 Å². The van der Waals surface area contributed by atoms with Gasteiger partial charge in [-0.2, -0.15) is 0 Å². The number of hydrogen-bond acceptors (Lipinski definition) is 2. The summed E-state index contributed by atoms with van der Waals surface area (Å²) in [6.45, 7) is 2.77. The molecule has 0 aliphatic heterocycles. The van der Waals surface area contributed by atoms with Gasteiger partial charge in [-0.3, -0.25) is 4.79 Å². The maximum absolute atomic E-state index is 11.0. The highest BCUT2D eigenvalue weighted by Crippen LogP contribution is 2.13. The van der Waals surface area contributed by atoms with E-state index in [1.807, 2.05) is 23.0 Å². The van der Waals surface area contributed by atoms with Crippen molar-refractivity contribution >= 4 is 5.91 Å². The molecule has 0 saturated carbocycles. The molecule has 1 rings (SSSR count). The minimum atomic E-state index is 0.0602. The summed E-state index contributed by atoms with van der Waals surface area (Å²) in [7, 11) is 1.65. The van der Waals surface area contributed by atoms with Crippen LogP contribution in [0.5, 0.6) is 0 Å². The second kappa shape index (κ2) is 5.56. The highest BCUT2D eigenvalue weighted by Gasteiger charge is 2.05. The number of nitrogens with one attached hydrogen (secondary N) is 1. The average molecular weight is 209 g/mol. The minimum absolute atomic E-state index is 0.0602. The maximum Gasteiger partial charge on any atom is 0.221 e. The second-order valence-corrected chi connectivity index (χ2v) is 3.62. The minimum Gasteiger partial charge on any atom is -0.359 e. The number of carbonyl (C=O) groups excluding carboxylic acids is 1. The molecular weight excluding hydrogens is 190 g/mol. The maximum atomic E-state index is 11.0. The topological polar surface area (TPSA) is 60.0 Å². The van der Waals surface area contributed by atoms with Crippen molar-refractivity contribution in [3.05, 3.63) is 24.0 Å². The molecule has 0 radical (unpaired) electrons. The Morgan fingerprint density at radius 2 is 2.40 bits per heavy atom. The molecule has 84 valence electrons. The smallest absolute Gasteiger partial charge is 0.221 e. The van der Waals surface area contributed by atoms with Crippen molar-refractivity contribution in [1.29, 1.82) is 0 Å². The molecule has 1 heterocycles. The third-order valence-corrected chi connectivity index (χ3v) is 2.52. The van der Waals surface area contributed by atoms with Crippen LogP contribution >= 0.6 is 0 Å². The van der Waals surface area contributed by atoms with Crippen LogP contribution in [0.1, 0.15) is 31.4 Å². The van der Waals surface area contributed by atoms with Gasteiger partial charge in [0, 0.05) is 38.4 Å². The number of hydrogen-bond donors (Lipinski definition) is 2. The van der Waals surface area contributed by atoms with Gasteiger partial charge < -0.3 is 15.6 Å². The molecule has 3 N–H and O–H groups in total. The Morgan fingerprint density at radius 1 is 1.67 bits per heavy atom. The number of nitrogens with zero attached hydrogens (tertiary/aromatic N) is 1. The molecule has 0 saturated heterocycles. The molecule has 1 unspecified atom stereocenters. The summed E-state index contributed by atoms with van der Waals surface area (Å²) in [6.07, 6.45) is 5.41. The molecule has 4 nitrogen and oxygen atoms in total. The van der Waals surface area contributed by atoms with E-state index in [1.165, 1.54) is 0 Å². The van der Waals surface area contributed by atoms with Gasteiger partial charge in [0.15, 0.2) is 0 Å².